The number of rotatable bonds is 5. The predicted octanol–water partition coefficient (Wildman–Crippen LogP) is 6.86. The van der Waals surface area contributed by atoms with Crippen molar-refractivity contribution in [3.05, 3.63) is 88.2 Å². The van der Waals surface area contributed by atoms with Gasteiger partial charge in [-0.15, -0.1) is 0 Å². The van der Waals surface area contributed by atoms with Crippen molar-refractivity contribution in [3.8, 4) is 5.69 Å². The van der Waals surface area contributed by atoms with E-state index in [0.29, 0.717) is 19.4 Å². The molecule has 36 heavy (non-hydrogen) atoms. The van der Waals surface area contributed by atoms with Crippen LogP contribution in [-0.2, 0) is 12.6 Å². The molecule has 0 saturated heterocycles. The summed E-state index contributed by atoms with van der Waals surface area (Å²) in [5.41, 5.74) is 4.03. The van der Waals surface area contributed by atoms with Gasteiger partial charge in [0, 0.05) is 18.0 Å². The van der Waals surface area contributed by atoms with E-state index in [-0.39, 0.29) is 17.0 Å². The van der Waals surface area contributed by atoms with Gasteiger partial charge in [-0.05, 0) is 68.5 Å². The quantitative estimate of drug-likeness (QED) is 0.389. The first-order valence-corrected chi connectivity index (χ1v) is 12.5. The molecule has 4 nitrogen and oxygen atoms in total. The molecule has 188 valence electrons. The first-order chi connectivity index (χ1) is 17.1. The van der Waals surface area contributed by atoms with Gasteiger partial charge in [-0.1, -0.05) is 49.2 Å². The summed E-state index contributed by atoms with van der Waals surface area (Å²) in [6, 6.07) is 13.1. The summed E-state index contributed by atoms with van der Waals surface area (Å²) in [6.07, 6.45) is 2.37. The fraction of sp³-hybridized carbons (Fsp3) is 0.379. The van der Waals surface area contributed by atoms with Crippen molar-refractivity contribution in [1.82, 2.24) is 14.7 Å². The second-order valence-corrected chi connectivity index (χ2v) is 10.2. The highest BCUT2D eigenvalue weighted by atomic mass is 19.4. The fourth-order valence-electron chi connectivity index (χ4n) is 5.92. The minimum atomic E-state index is -4.58. The summed E-state index contributed by atoms with van der Waals surface area (Å²) in [4.78, 5) is 15.4. The Morgan fingerprint density at radius 3 is 2.58 bits per heavy atom. The Balaban J connectivity index is 1.50. The van der Waals surface area contributed by atoms with Gasteiger partial charge in [-0.3, -0.25) is 4.79 Å². The van der Waals surface area contributed by atoms with E-state index in [0.717, 1.165) is 35.9 Å². The molecule has 2 atom stereocenters. The summed E-state index contributed by atoms with van der Waals surface area (Å²) in [7, 11) is 0. The van der Waals surface area contributed by atoms with E-state index in [2.05, 4.69) is 30.2 Å². The Labute approximate surface area is 209 Å². The maximum Gasteiger partial charge on any atom is 0.417 e. The topological polar surface area (TPSA) is 38.1 Å². The summed E-state index contributed by atoms with van der Waals surface area (Å²) in [6.45, 7) is 6.56. The molecule has 2 aliphatic carbocycles. The average Bonchev–Trinajstić information content (AvgIpc) is 3.40. The lowest BCUT2D eigenvalue weighted by molar-refractivity contribution is -0.138. The molecule has 0 N–H and O–H groups in total. The molecule has 7 heteroatoms. The molecule has 3 aromatic rings. The van der Waals surface area contributed by atoms with Gasteiger partial charge in [-0.2, -0.15) is 18.3 Å². The first-order valence-electron chi connectivity index (χ1n) is 12.5. The predicted molar refractivity (Wildman–Crippen MR) is 134 cm³/mol. The summed E-state index contributed by atoms with van der Waals surface area (Å²) >= 11 is 0. The second-order valence-electron chi connectivity index (χ2n) is 10.2. The number of benzene rings is 2. The third-order valence-electron chi connectivity index (χ3n) is 7.75. The van der Waals surface area contributed by atoms with Crippen molar-refractivity contribution in [2.45, 2.75) is 58.7 Å². The zero-order valence-electron chi connectivity index (χ0n) is 20.8. The molecule has 1 aromatic heterocycles. The molecule has 1 amide bonds. The lowest BCUT2D eigenvalue weighted by Gasteiger charge is -2.42. The lowest BCUT2D eigenvalue weighted by atomic mass is 9.72. The van der Waals surface area contributed by atoms with Crippen molar-refractivity contribution in [2.75, 3.05) is 6.54 Å². The highest BCUT2D eigenvalue weighted by molar-refractivity contribution is 5.96. The van der Waals surface area contributed by atoms with Crippen LogP contribution in [0.4, 0.5) is 13.2 Å². The number of carbonyl (C=O) groups excluding carboxylic acids is 1. The lowest BCUT2D eigenvalue weighted by Crippen LogP contribution is -2.49. The van der Waals surface area contributed by atoms with Gasteiger partial charge in [0.05, 0.1) is 28.7 Å². The van der Waals surface area contributed by atoms with Crippen LogP contribution in [-0.4, -0.2) is 33.2 Å². The Bertz CT molecular complexity index is 1320. The molecular weight excluding hydrogens is 463 g/mol. The van der Waals surface area contributed by atoms with Crippen LogP contribution < -0.4 is 0 Å². The van der Waals surface area contributed by atoms with Crippen LogP contribution in [0.1, 0.15) is 65.9 Å². The number of aryl methyl sites for hydroxylation is 1. The number of halogens is 3. The minimum absolute atomic E-state index is 0.187. The molecule has 0 radical (unpaired) electrons. The van der Waals surface area contributed by atoms with E-state index >= 15 is 0 Å². The van der Waals surface area contributed by atoms with E-state index in [1.165, 1.54) is 29.3 Å². The second kappa shape index (κ2) is 8.95. The molecule has 2 aromatic carbocycles. The monoisotopic (exact) mass is 493 g/mol. The number of amides is 1. The molecule has 0 unspecified atom stereocenters. The highest BCUT2D eigenvalue weighted by Crippen LogP contribution is 2.52. The van der Waals surface area contributed by atoms with Crippen LogP contribution >= 0.6 is 0 Å². The zero-order valence-corrected chi connectivity index (χ0v) is 20.8. The van der Waals surface area contributed by atoms with Gasteiger partial charge in [0.15, 0.2) is 0 Å². The van der Waals surface area contributed by atoms with E-state index in [9.17, 15) is 18.0 Å². The maximum absolute atomic E-state index is 13.7. The van der Waals surface area contributed by atoms with Gasteiger partial charge >= 0.3 is 6.18 Å². The summed E-state index contributed by atoms with van der Waals surface area (Å²) in [5, 5.41) is 4.65. The molecule has 0 spiro atoms. The van der Waals surface area contributed by atoms with Gasteiger partial charge < -0.3 is 4.90 Å². The molecule has 0 bridgehead atoms. The Hall–Kier alpha value is -3.35. The number of hydrogen-bond donors (Lipinski definition) is 0. The molecular formula is C29H30F3N3O. The van der Waals surface area contributed by atoms with E-state index < -0.39 is 17.6 Å². The van der Waals surface area contributed by atoms with Crippen molar-refractivity contribution in [1.29, 1.82) is 0 Å². The van der Waals surface area contributed by atoms with Crippen LogP contribution in [0, 0.1) is 12.3 Å². The first kappa shape index (κ1) is 24.3. The van der Waals surface area contributed by atoms with Crippen LogP contribution in [0.2, 0.25) is 0 Å². The zero-order chi connectivity index (χ0) is 25.7. The van der Waals surface area contributed by atoms with Crippen LogP contribution in [0.3, 0.4) is 0 Å². The van der Waals surface area contributed by atoms with Crippen molar-refractivity contribution < 1.29 is 18.0 Å². The Kier molecular flexibility index (Phi) is 6.05. The normalized spacial score (nSPS) is 21.1. The minimum Gasteiger partial charge on any atom is -0.335 e. The van der Waals surface area contributed by atoms with Gasteiger partial charge in [-0.25, -0.2) is 4.68 Å². The summed E-state index contributed by atoms with van der Waals surface area (Å²) in [5.74, 6) is -0.543. The molecule has 2 aliphatic rings. The molecule has 1 saturated carbocycles. The smallest absolute Gasteiger partial charge is 0.335 e. The number of hydrogen-bond acceptors (Lipinski definition) is 2. The van der Waals surface area contributed by atoms with Crippen molar-refractivity contribution >= 4 is 12.0 Å². The fourth-order valence-corrected chi connectivity index (χ4v) is 5.92. The van der Waals surface area contributed by atoms with E-state index in [1.54, 1.807) is 4.90 Å². The SMILES string of the molecule is CCCN(C(=O)c1ccccc1C(F)(F)F)[C@H]1CCC2=Cc3c(cnn3-c3ccc(C)cc3)C[C@@]21C. The standard InChI is InChI=1S/C29H30F3N3O/c1-4-15-34(27(36)23-7-5-6-8-24(23)29(30,31)32)26-14-11-21-16-25-20(17-28(21,26)3)18-33-35(25)22-12-9-19(2)10-13-22/h5-10,12-13,16,18,26H,4,11,14-15,17H2,1-3H3/t26-,28-/m0/s1. The van der Waals surface area contributed by atoms with Gasteiger partial charge in [0.2, 0.25) is 0 Å². The molecule has 1 heterocycles. The van der Waals surface area contributed by atoms with Crippen LogP contribution in [0.15, 0.2) is 60.3 Å². The number of nitrogens with zero attached hydrogens (tertiary/aromatic N) is 3. The number of carbonyl (C=O) groups is 1. The van der Waals surface area contributed by atoms with Crippen molar-refractivity contribution in [3.63, 3.8) is 0 Å². The number of alkyl halides is 3. The van der Waals surface area contributed by atoms with Crippen LogP contribution in [0.5, 0.6) is 0 Å². The molecule has 0 aliphatic heterocycles. The third kappa shape index (κ3) is 4.04. The maximum atomic E-state index is 13.7. The van der Waals surface area contributed by atoms with E-state index in [4.69, 9.17) is 0 Å². The number of fused-ring (bicyclic) bond motifs is 2. The Morgan fingerprint density at radius 2 is 1.89 bits per heavy atom. The number of aromatic nitrogens is 2. The Morgan fingerprint density at radius 1 is 1.17 bits per heavy atom. The average molecular weight is 494 g/mol. The molecule has 1 fully saturated rings. The van der Waals surface area contributed by atoms with E-state index in [1.807, 2.05) is 36.9 Å². The summed E-state index contributed by atoms with van der Waals surface area (Å²) < 4.78 is 43.1. The third-order valence-corrected chi connectivity index (χ3v) is 7.75. The van der Waals surface area contributed by atoms with Crippen molar-refractivity contribution in [2.24, 2.45) is 5.41 Å². The van der Waals surface area contributed by atoms with Gasteiger partial charge in [0.1, 0.15) is 0 Å². The van der Waals surface area contributed by atoms with Gasteiger partial charge in [0.25, 0.3) is 5.91 Å². The van der Waals surface area contributed by atoms with Crippen LogP contribution in [0.25, 0.3) is 11.8 Å². The molecule has 5 rings (SSSR count). The largest absolute Gasteiger partial charge is 0.417 e. The highest BCUT2D eigenvalue weighted by Gasteiger charge is 2.49.